The Hall–Kier alpha value is -2.10. The van der Waals surface area contributed by atoms with E-state index in [1.165, 1.54) is 6.92 Å². The predicted octanol–water partition coefficient (Wildman–Crippen LogP) is 2.60. The molecule has 6 nitrogen and oxygen atoms in total. The van der Waals surface area contributed by atoms with Gasteiger partial charge in [0, 0.05) is 12.4 Å². The highest BCUT2D eigenvalue weighted by atomic mass is 79.9. The number of aromatic nitrogens is 2. The molecule has 0 aliphatic heterocycles. The number of esters is 1. The smallest absolute Gasteiger partial charge is 0.435 e. The first-order valence-electron chi connectivity index (χ1n) is 6.26. The molecule has 124 valence electrons. The van der Waals surface area contributed by atoms with E-state index >= 15 is 0 Å². The lowest BCUT2D eigenvalue weighted by molar-refractivity contribution is -0.140. The van der Waals surface area contributed by atoms with Crippen LogP contribution < -0.4 is 5.56 Å². The minimum atomic E-state index is -4.86. The summed E-state index contributed by atoms with van der Waals surface area (Å²) in [5, 5.41) is 9.79. The molecular formula is C13H10BrF3N2O4. The number of carbonyl (C=O) groups is 1. The number of carbonyl (C=O) groups excluding carboxylic acids is 1. The summed E-state index contributed by atoms with van der Waals surface area (Å²) in [6.45, 7) is 1.43. The first-order chi connectivity index (χ1) is 10.6. The van der Waals surface area contributed by atoms with Gasteiger partial charge in [-0.15, -0.1) is 0 Å². The average Bonchev–Trinajstić information content (AvgIpc) is 2.43. The van der Waals surface area contributed by atoms with Crippen molar-refractivity contribution in [3.8, 4) is 5.75 Å². The van der Waals surface area contributed by atoms with E-state index in [1.54, 1.807) is 0 Å². The summed E-state index contributed by atoms with van der Waals surface area (Å²) in [7, 11) is 1.05. The molecule has 0 bridgehead atoms. The first-order valence-corrected chi connectivity index (χ1v) is 7.05. The van der Waals surface area contributed by atoms with E-state index < -0.39 is 40.2 Å². The third kappa shape index (κ3) is 2.90. The van der Waals surface area contributed by atoms with Gasteiger partial charge in [0.15, 0.2) is 11.3 Å². The van der Waals surface area contributed by atoms with E-state index in [9.17, 15) is 27.9 Å². The fourth-order valence-electron chi connectivity index (χ4n) is 2.12. The summed E-state index contributed by atoms with van der Waals surface area (Å²) >= 11 is 2.82. The van der Waals surface area contributed by atoms with Crippen LogP contribution in [0.5, 0.6) is 5.75 Å². The minimum absolute atomic E-state index is 0.0622. The van der Waals surface area contributed by atoms with Gasteiger partial charge in [0.25, 0.3) is 5.56 Å². The standard InChI is InChI=1S/C13H10BrF3N2O4/c1-3-23-12(22)7-9(20)5-4-6(14)18-10(13(15,16)17)8(5)19(2)11(7)21/h4,20H,3H2,1-2H3. The number of ether oxygens (including phenoxy) is 1. The van der Waals surface area contributed by atoms with Crippen molar-refractivity contribution in [3.05, 3.63) is 32.3 Å². The second kappa shape index (κ2) is 5.84. The Bertz CT molecular complexity index is 861. The van der Waals surface area contributed by atoms with Crippen molar-refractivity contribution in [2.75, 3.05) is 6.61 Å². The fraction of sp³-hybridized carbons (Fsp3) is 0.308. The van der Waals surface area contributed by atoms with Crippen LogP contribution in [-0.2, 0) is 18.0 Å². The Labute approximate surface area is 135 Å². The van der Waals surface area contributed by atoms with Crippen molar-refractivity contribution in [1.29, 1.82) is 0 Å². The Morgan fingerprint density at radius 1 is 1.48 bits per heavy atom. The largest absolute Gasteiger partial charge is 0.506 e. The highest BCUT2D eigenvalue weighted by Gasteiger charge is 2.37. The molecule has 0 atom stereocenters. The summed E-state index contributed by atoms with van der Waals surface area (Å²) in [5.41, 5.74) is -3.82. The molecule has 0 amide bonds. The lowest BCUT2D eigenvalue weighted by Crippen LogP contribution is -2.27. The summed E-state index contributed by atoms with van der Waals surface area (Å²) in [6, 6.07) is 1.09. The van der Waals surface area contributed by atoms with Gasteiger partial charge in [-0.25, -0.2) is 9.78 Å². The maximum Gasteiger partial charge on any atom is 0.435 e. The van der Waals surface area contributed by atoms with Crippen LogP contribution in [0.3, 0.4) is 0 Å². The van der Waals surface area contributed by atoms with E-state index in [0.717, 1.165) is 13.1 Å². The number of hydrogen-bond donors (Lipinski definition) is 1. The van der Waals surface area contributed by atoms with E-state index in [1.807, 2.05) is 0 Å². The average molecular weight is 395 g/mol. The number of pyridine rings is 2. The van der Waals surface area contributed by atoms with Crippen LogP contribution in [0.1, 0.15) is 23.0 Å². The van der Waals surface area contributed by atoms with Gasteiger partial charge in [-0.05, 0) is 28.9 Å². The molecule has 0 unspecified atom stereocenters. The highest BCUT2D eigenvalue weighted by molar-refractivity contribution is 9.10. The van der Waals surface area contributed by atoms with Gasteiger partial charge in [-0.1, -0.05) is 0 Å². The van der Waals surface area contributed by atoms with Crippen molar-refractivity contribution in [1.82, 2.24) is 9.55 Å². The second-order valence-electron chi connectivity index (χ2n) is 4.50. The molecule has 0 aromatic carbocycles. The number of fused-ring (bicyclic) bond motifs is 1. The molecular weight excluding hydrogens is 385 g/mol. The molecule has 0 fully saturated rings. The molecule has 2 aromatic heterocycles. The molecule has 10 heteroatoms. The molecule has 0 aliphatic rings. The topological polar surface area (TPSA) is 81.4 Å². The first kappa shape index (κ1) is 17.3. The zero-order chi connectivity index (χ0) is 17.5. The quantitative estimate of drug-likeness (QED) is 0.625. The second-order valence-corrected chi connectivity index (χ2v) is 5.31. The lowest BCUT2D eigenvalue weighted by Gasteiger charge is -2.15. The summed E-state index contributed by atoms with van der Waals surface area (Å²) in [4.78, 5) is 27.3. The number of hydrogen-bond acceptors (Lipinski definition) is 5. The predicted molar refractivity (Wildman–Crippen MR) is 77.3 cm³/mol. The molecule has 0 saturated heterocycles. The van der Waals surface area contributed by atoms with Crippen molar-refractivity contribution in [2.24, 2.45) is 7.05 Å². The fourth-order valence-corrected chi connectivity index (χ4v) is 2.52. The summed E-state index contributed by atoms with van der Waals surface area (Å²) in [5.74, 6) is -2.00. The maximum atomic E-state index is 13.1. The Morgan fingerprint density at radius 2 is 2.09 bits per heavy atom. The molecule has 0 spiro atoms. The van der Waals surface area contributed by atoms with Gasteiger partial charge >= 0.3 is 12.1 Å². The van der Waals surface area contributed by atoms with Gasteiger partial charge in [0.2, 0.25) is 0 Å². The number of rotatable bonds is 2. The third-order valence-electron chi connectivity index (χ3n) is 3.06. The molecule has 0 saturated carbocycles. The number of alkyl halides is 3. The van der Waals surface area contributed by atoms with E-state index in [0.29, 0.717) is 4.57 Å². The molecule has 2 heterocycles. The SMILES string of the molecule is CCOC(=O)c1c(O)c2cc(Br)nc(C(F)(F)F)c2n(C)c1=O. The van der Waals surface area contributed by atoms with Crippen LogP contribution >= 0.6 is 15.9 Å². The van der Waals surface area contributed by atoms with Crippen LogP contribution in [0, 0.1) is 0 Å². The van der Waals surface area contributed by atoms with Crippen molar-refractivity contribution in [2.45, 2.75) is 13.1 Å². The van der Waals surface area contributed by atoms with Crippen LogP contribution in [-0.4, -0.2) is 27.2 Å². The van der Waals surface area contributed by atoms with E-state index in [4.69, 9.17) is 0 Å². The van der Waals surface area contributed by atoms with Gasteiger partial charge in [0.05, 0.1) is 12.1 Å². The number of aromatic hydroxyl groups is 1. The maximum absolute atomic E-state index is 13.1. The molecule has 0 radical (unpaired) electrons. The van der Waals surface area contributed by atoms with Gasteiger partial charge in [-0.3, -0.25) is 4.79 Å². The van der Waals surface area contributed by atoms with Crippen LogP contribution in [0.15, 0.2) is 15.5 Å². The van der Waals surface area contributed by atoms with Gasteiger partial charge in [-0.2, -0.15) is 13.2 Å². The normalized spacial score (nSPS) is 11.7. The van der Waals surface area contributed by atoms with Gasteiger partial charge in [0.1, 0.15) is 10.4 Å². The van der Waals surface area contributed by atoms with Crippen LogP contribution in [0.2, 0.25) is 0 Å². The molecule has 2 rings (SSSR count). The Kier molecular flexibility index (Phi) is 4.38. The zero-order valence-corrected chi connectivity index (χ0v) is 13.4. The minimum Gasteiger partial charge on any atom is -0.506 e. The molecule has 2 aromatic rings. The third-order valence-corrected chi connectivity index (χ3v) is 3.46. The highest BCUT2D eigenvalue weighted by Crippen LogP contribution is 2.37. The molecule has 1 N–H and O–H groups in total. The van der Waals surface area contributed by atoms with E-state index in [-0.39, 0.29) is 16.6 Å². The number of nitrogens with zero attached hydrogens (tertiary/aromatic N) is 2. The molecule has 23 heavy (non-hydrogen) atoms. The lowest BCUT2D eigenvalue weighted by atomic mass is 10.1. The Morgan fingerprint density at radius 3 is 2.61 bits per heavy atom. The number of aryl methyl sites for hydroxylation is 1. The summed E-state index contributed by atoms with van der Waals surface area (Å²) < 4.78 is 44.5. The number of halogens is 4. The summed E-state index contributed by atoms with van der Waals surface area (Å²) in [6.07, 6.45) is -4.86. The zero-order valence-electron chi connectivity index (χ0n) is 11.9. The van der Waals surface area contributed by atoms with Crippen molar-refractivity contribution in [3.63, 3.8) is 0 Å². The van der Waals surface area contributed by atoms with Crippen LogP contribution in [0.4, 0.5) is 13.2 Å². The van der Waals surface area contributed by atoms with Gasteiger partial charge < -0.3 is 14.4 Å². The Balaban J connectivity index is 3.00. The van der Waals surface area contributed by atoms with Crippen molar-refractivity contribution >= 4 is 32.8 Å². The van der Waals surface area contributed by atoms with Crippen molar-refractivity contribution < 1.29 is 27.8 Å². The molecule has 0 aliphatic carbocycles. The monoisotopic (exact) mass is 394 g/mol. The van der Waals surface area contributed by atoms with E-state index in [2.05, 4.69) is 25.7 Å². The van der Waals surface area contributed by atoms with Crippen LogP contribution in [0.25, 0.3) is 10.9 Å².